The molecule has 0 aromatic heterocycles. The fraction of sp³-hybridized carbons (Fsp3) is 0.514. The number of anilines is 1. The predicted molar refractivity (Wildman–Crippen MR) is 165 cm³/mol. The third kappa shape index (κ3) is 4.47. The van der Waals surface area contributed by atoms with Crippen molar-refractivity contribution in [2.75, 3.05) is 38.8 Å². The average molecular weight is 617 g/mol. The monoisotopic (exact) mass is 616 g/mol. The lowest BCUT2D eigenvalue weighted by Crippen LogP contribution is -2.68. The lowest BCUT2D eigenvalue weighted by molar-refractivity contribution is -0.134. The van der Waals surface area contributed by atoms with E-state index in [1.165, 1.54) is 17.7 Å². The van der Waals surface area contributed by atoms with E-state index in [1.54, 1.807) is 38.8 Å². The smallest absolute Gasteiger partial charge is 0.339 e. The second kappa shape index (κ2) is 11.2. The molecule has 1 spiro atoms. The number of amides is 1. The van der Waals surface area contributed by atoms with Crippen molar-refractivity contribution < 1.29 is 38.4 Å². The predicted octanol–water partition coefficient (Wildman–Crippen LogP) is 4.45. The number of benzene rings is 2. The topological polar surface area (TPSA) is 115 Å². The van der Waals surface area contributed by atoms with Gasteiger partial charge < -0.3 is 29.0 Å². The van der Waals surface area contributed by atoms with Gasteiger partial charge in [-0.1, -0.05) is 30.7 Å². The average Bonchev–Trinajstić information content (AvgIpc) is 3.48. The molecular formula is C35H40N2O8. The first-order valence-electron chi connectivity index (χ1n) is 15.9. The SMILES string of the molecule is CCC(C)OC(=O)c1ccccc1C(=O)O.COc1cc2c(cc1OC)C13CCN4CC5=CCOC6CC(=O)N2C1C6C5C4C3. The largest absolute Gasteiger partial charge is 0.493 e. The second-order valence-electron chi connectivity index (χ2n) is 13.0. The Kier molecular flexibility index (Phi) is 7.40. The van der Waals surface area contributed by atoms with Gasteiger partial charge in [-0.2, -0.15) is 0 Å². The molecule has 10 heteroatoms. The molecule has 4 fully saturated rings. The van der Waals surface area contributed by atoms with Crippen LogP contribution in [0.15, 0.2) is 48.0 Å². The van der Waals surface area contributed by atoms with E-state index >= 15 is 0 Å². The summed E-state index contributed by atoms with van der Waals surface area (Å²) in [5.74, 6) is 0.835. The summed E-state index contributed by atoms with van der Waals surface area (Å²) in [6.07, 6.45) is 5.52. The first kappa shape index (κ1) is 29.8. The van der Waals surface area contributed by atoms with Gasteiger partial charge >= 0.3 is 11.9 Å². The molecule has 3 saturated heterocycles. The summed E-state index contributed by atoms with van der Waals surface area (Å²) >= 11 is 0. The number of carbonyl (C=O) groups excluding carboxylic acids is 2. The Hall–Kier alpha value is -3.89. The van der Waals surface area contributed by atoms with Crippen LogP contribution in [0, 0.1) is 11.8 Å². The molecule has 2 bridgehead atoms. The molecule has 45 heavy (non-hydrogen) atoms. The molecule has 1 aliphatic carbocycles. The minimum atomic E-state index is -1.13. The highest BCUT2D eigenvalue weighted by Crippen LogP contribution is 2.66. The quantitative estimate of drug-likeness (QED) is 0.371. The molecule has 2 aromatic carbocycles. The molecule has 1 saturated carbocycles. The summed E-state index contributed by atoms with van der Waals surface area (Å²) in [6.45, 7) is 6.48. The fourth-order valence-corrected chi connectivity index (χ4v) is 8.98. The molecule has 8 rings (SSSR count). The van der Waals surface area contributed by atoms with Crippen LogP contribution in [0.2, 0.25) is 0 Å². The lowest BCUT2D eigenvalue weighted by Gasteiger charge is -2.58. The molecule has 7 unspecified atom stereocenters. The number of aromatic carboxylic acids is 1. The molecule has 10 nitrogen and oxygen atoms in total. The Bertz CT molecular complexity index is 1590. The van der Waals surface area contributed by atoms with Crippen molar-refractivity contribution in [1.29, 1.82) is 0 Å². The van der Waals surface area contributed by atoms with Crippen molar-refractivity contribution in [2.24, 2.45) is 11.8 Å². The number of nitrogens with zero attached hydrogens (tertiary/aromatic N) is 2. The summed E-state index contributed by atoms with van der Waals surface area (Å²) in [5.41, 5.74) is 3.94. The van der Waals surface area contributed by atoms with Crippen LogP contribution in [0.1, 0.15) is 65.8 Å². The van der Waals surface area contributed by atoms with Gasteiger partial charge in [0, 0.05) is 35.9 Å². The van der Waals surface area contributed by atoms with E-state index in [0.29, 0.717) is 43.1 Å². The molecule has 238 valence electrons. The van der Waals surface area contributed by atoms with Gasteiger partial charge in [0.15, 0.2) is 11.5 Å². The van der Waals surface area contributed by atoms with E-state index < -0.39 is 11.9 Å². The highest BCUT2D eigenvalue weighted by Gasteiger charge is 2.69. The van der Waals surface area contributed by atoms with E-state index in [0.717, 1.165) is 37.4 Å². The molecule has 7 atom stereocenters. The standard InChI is InChI=1S/C23H26N2O4.C12H14O4/c1-27-16-7-13-14(8-17(16)28-2)25-19(26)9-18-21-20-12(3-6-29-18)11-24-5-4-23(13,22(21)25)10-15(20)24;1-3-8(2)16-12(15)10-7-5-4-6-9(10)11(13)14/h3,7-8,15,18,20-22H,4-6,9-11H2,1-2H3;4-8H,3H2,1-2H3,(H,13,14). The van der Waals surface area contributed by atoms with E-state index in [4.69, 9.17) is 24.1 Å². The van der Waals surface area contributed by atoms with Crippen LogP contribution in [0.4, 0.5) is 5.69 Å². The van der Waals surface area contributed by atoms with Crippen LogP contribution in [-0.2, 0) is 19.7 Å². The van der Waals surface area contributed by atoms with E-state index in [-0.39, 0.29) is 40.7 Å². The van der Waals surface area contributed by atoms with Gasteiger partial charge in [-0.25, -0.2) is 9.59 Å². The van der Waals surface area contributed by atoms with E-state index in [2.05, 4.69) is 21.9 Å². The number of carbonyl (C=O) groups is 3. The Labute approximate surface area is 262 Å². The number of rotatable bonds is 6. The maximum Gasteiger partial charge on any atom is 0.339 e. The number of methoxy groups -OCH3 is 2. The molecule has 5 heterocycles. The maximum atomic E-state index is 13.4. The summed E-state index contributed by atoms with van der Waals surface area (Å²) in [6, 6.07) is 11.0. The van der Waals surface area contributed by atoms with Crippen LogP contribution in [0.3, 0.4) is 0 Å². The molecular weight excluding hydrogens is 576 g/mol. The van der Waals surface area contributed by atoms with Gasteiger partial charge in [0.2, 0.25) is 5.91 Å². The molecule has 1 N–H and O–H groups in total. The van der Waals surface area contributed by atoms with Crippen LogP contribution in [0.5, 0.6) is 11.5 Å². The summed E-state index contributed by atoms with van der Waals surface area (Å²) in [5, 5.41) is 8.90. The molecule has 5 aliphatic heterocycles. The van der Waals surface area contributed by atoms with Crippen molar-refractivity contribution >= 4 is 23.5 Å². The van der Waals surface area contributed by atoms with Crippen LogP contribution in [0.25, 0.3) is 0 Å². The zero-order chi connectivity index (χ0) is 31.6. The molecule has 0 radical (unpaired) electrons. The summed E-state index contributed by atoms with van der Waals surface area (Å²) in [7, 11) is 3.36. The number of carboxylic acid groups (broad SMARTS) is 1. The number of fused-ring (bicyclic) bond motifs is 2. The highest BCUT2D eigenvalue weighted by atomic mass is 16.5. The van der Waals surface area contributed by atoms with Crippen LogP contribution >= 0.6 is 0 Å². The Balaban J connectivity index is 0.000000175. The number of ether oxygens (including phenoxy) is 4. The number of carboxylic acids is 1. The van der Waals surface area contributed by atoms with Crippen molar-refractivity contribution in [3.05, 3.63) is 64.7 Å². The minimum absolute atomic E-state index is 0.00526. The fourth-order valence-electron chi connectivity index (χ4n) is 8.98. The second-order valence-corrected chi connectivity index (χ2v) is 13.0. The lowest BCUT2D eigenvalue weighted by atomic mass is 9.53. The molecule has 2 aromatic rings. The van der Waals surface area contributed by atoms with Gasteiger partial charge in [0.25, 0.3) is 0 Å². The highest BCUT2D eigenvalue weighted by molar-refractivity contribution is 6.02. The maximum absolute atomic E-state index is 13.4. The van der Waals surface area contributed by atoms with Crippen molar-refractivity contribution in [3.8, 4) is 11.5 Å². The normalized spacial score (nSPS) is 30.7. The first-order chi connectivity index (χ1) is 21.7. The van der Waals surface area contributed by atoms with Gasteiger partial charge in [0.1, 0.15) is 0 Å². The number of hydrogen-bond donors (Lipinski definition) is 1. The molecule has 6 aliphatic rings. The van der Waals surface area contributed by atoms with Crippen molar-refractivity contribution in [1.82, 2.24) is 4.90 Å². The zero-order valence-electron chi connectivity index (χ0n) is 26.2. The van der Waals surface area contributed by atoms with Gasteiger partial charge in [-0.05, 0) is 56.5 Å². The zero-order valence-corrected chi connectivity index (χ0v) is 26.2. The third-order valence-corrected chi connectivity index (χ3v) is 11.0. The number of piperidine rings is 2. The first-order valence-corrected chi connectivity index (χ1v) is 15.9. The Morgan fingerprint density at radius 1 is 1.13 bits per heavy atom. The number of hydrogen-bond acceptors (Lipinski definition) is 8. The summed E-state index contributed by atoms with van der Waals surface area (Å²) < 4.78 is 22.6. The van der Waals surface area contributed by atoms with Gasteiger partial charge in [-0.3, -0.25) is 9.69 Å². The third-order valence-electron chi connectivity index (χ3n) is 11.0. The minimum Gasteiger partial charge on any atom is -0.493 e. The van der Waals surface area contributed by atoms with Gasteiger partial charge in [0.05, 0.1) is 62.3 Å². The Morgan fingerprint density at radius 2 is 1.87 bits per heavy atom. The van der Waals surface area contributed by atoms with E-state index in [9.17, 15) is 14.4 Å². The summed E-state index contributed by atoms with van der Waals surface area (Å²) in [4.78, 5) is 40.8. The van der Waals surface area contributed by atoms with Gasteiger partial charge in [-0.15, -0.1) is 0 Å². The van der Waals surface area contributed by atoms with Crippen LogP contribution in [-0.4, -0.2) is 86.1 Å². The van der Waals surface area contributed by atoms with Crippen molar-refractivity contribution in [3.63, 3.8) is 0 Å². The number of esters is 1. The molecule has 1 amide bonds. The van der Waals surface area contributed by atoms with Crippen molar-refractivity contribution in [2.45, 2.75) is 69.2 Å². The van der Waals surface area contributed by atoms with Crippen LogP contribution < -0.4 is 14.4 Å². The van der Waals surface area contributed by atoms with E-state index in [1.807, 2.05) is 13.0 Å². The Morgan fingerprint density at radius 3 is 2.58 bits per heavy atom.